The molecule has 1 aliphatic carbocycles. The van der Waals surface area contributed by atoms with E-state index in [1.807, 2.05) is 0 Å². The van der Waals surface area contributed by atoms with Gasteiger partial charge in [0.1, 0.15) is 6.04 Å². The van der Waals surface area contributed by atoms with Crippen molar-refractivity contribution in [3.63, 3.8) is 0 Å². The van der Waals surface area contributed by atoms with Crippen molar-refractivity contribution in [2.45, 2.75) is 31.2 Å². The number of hydrogen-bond donors (Lipinski definition) is 2. The lowest BCUT2D eigenvalue weighted by atomic mass is 9.91. The molecule has 0 aromatic heterocycles. The van der Waals surface area contributed by atoms with Crippen molar-refractivity contribution < 1.29 is 23.5 Å². The van der Waals surface area contributed by atoms with E-state index in [2.05, 4.69) is 5.32 Å². The Morgan fingerprint density at radius 3 is 2.80 bits per heavy atom. The molecule has 0 saturated heterocycles. The van der Waals surface area contributed by atoms with Crippen molar-refractivity contribution >= 4 is 11.8 Å². The van der Waals surface area contributed by atoms with Crippen LogP contribution in [0.3, 0.4) is 0 Å². The van der Waals surface area contributed by atoms with Crippen molar-refractivity contribution in [2.75, 3.05) is 0 Å². The van der Waals surface area contributed by atoms with Crippen molar-refractivity contribution in [1.82, 2.24) is 5.32 Å². The Morgan fingerprint density at radius 1 is 1.53 bits per heavy atom. The van der Waals surface area contributed by atoms with Crippen LogP contribution in [-0.4, -0.2) is 28.8 Å². The van der Waals surface area contributed by atoms with Gasteiger partial charge in [-0.1, -0.05) is 0 Å². The molecule has 0 bridgehead atoms. The molecule has 0 aromatic rings. The van der Waals surface area contributed by atoms with Gasteiger partial charge in [0.15, 0.2) is 0 Å². The van der Waals surface area contributed by atoms with Gasteiger partial charge < -0.3 is 10.4 Å². The zero-order chi connectivity index (χ0) is 11.2. The zero-order valence-electron chi connectivity index (χ0n) is 7.72. The minimum atomic E-state index is -3.33. The summed E-state index contributed by atoms with van der Waals surface area (Å²) in [6.45, 7) is 0. The number of rotatable bonds is 1. The Labute approximate surface area is 84.0 Å². The predicted molar refractivity (Wildman–Crippen MR) is 45.4 cm³/mol. The molecular weight excluding hydrogens is 208 g/mol. The highest BCUT2D eigenvalue weighted by atomic mass is 19.3. The Kier molecular flexibility index (Phi) is 2.02. The predicted octanol–water partition coefficient (Wildman–Crippen LogP) is 0.685. The van der Waals surface area contributed by atoms with Gasteiger partial charge in [-0.15, -0.1) is 0 Å². The minimum absolute atomic E-state index is 0.0395. The van der Waals surface area contributed by atoms with Gasteiger partial charge in [0.05, 0.1) is 0 Å². The summed E-state index contributed by atoms with van der Waals surface area (Å²) in [5.74, 6) is -5.67. The van der Waals surface area contributed by atoms with E-state index in [-0.39, 0.29) is 18.4 Å². The first-order chi connectivity index (χ1) is 6.92. The second-order valence-corrected chi connectivity index (χ2v) is 3.73. The van der Waals surface area contributed by atoms with Gasteiger partial charge in [0.25, 0.3) is 0 Å². The van der Waals surface area contributed by atoms with Gasteiger partial charge in [0, 0.05) is 24.1 Å². The molecule has 2 N–H and O–H groups in total. The van der Waals surface area contributed by atoms with Crippen LogP contribution < -0.4 is 5.32 Å². The standard InChI is InChI=1S/C9H9F2NO3/c10-9(11)2-1-5-4(7(9)13)3-6(12-5)8(14)15/h6,12H,1-3H2,(H,14,15). The molecule has 2 rings (SSSR count). The number of alkyl halides is 2. The number of hydrogen-bond acceptors (Lipinski definition) is 3. The highest BCUT2D eigenvalue weighted by Crippen LogP contribution is 2.37. The van der Waals surface area contributed by atoms with Gasteiger partial charge in [-0.25, -0.2) is 4.79 Å². The van der Waals surface area contributed by atoms with Crippen LogP contribution >= 0.6 is 0 Å². The minimum Gasteiger partial charge on any atom is -0.480 e. The molecule has 82 valence electrons. The van der Waals surface area contributed by atoms with Gasteiger partial charge in [-0.2, -0.15) is 8.78 Å². The van der Waals surface area contributed by atoms with E-state index < -0.39 is 30.1 Å². The lowest BCUT2D eigenvalue weighted by Crippen LogP contribution is -2.34. The normalized spacial score (nSPS) is 28.7. The maximum atomic E-state index is 13.0. The fourth-order valence-electron chi connectivity index (χ4n) is 1.89. The number of carbonyl (C=O) groups is 2. The van der Waals surface area contributed by atoms with Crippen LogP contribution in [0, 0.1) is 0 Å². The van der Waals surface area contributed by atoms with E-state index in [0.29, 0.717) is 5.70 Å². The van der Waals surface area contributed by atoms with E-state index in [0.717, 1.165) is 0 Å². The molecule has 15 heavy (non-hydrogen) atoms. The SMILES string of the molecule is O=C(O)C1CC2=C(CCC(F)(F)C2=O)N1. The second kappa shape index (κ2) is 3.01. The number of nitrogens with one attached hydrogen (secondary N) is 1. The number of aliphatic carboxylic acids is 1. The summed E-state index contributed by atoms with van der Waals surface area (Å²) in [6.07, 6.45) is -0.638. The summed E-state index contributed by atoms with van der Waals surface area (Å²) in [4.78, 5) is 21.9. The first-order valence-electron chi connectivity index (χ1n) is 4.56. The van der Waals surface area contributed by atoms with Crippen LogP contribution in [0.2, 0.25) is 0 Å². The lowest BCUT2D eigenvalue weighted by molar-refractivity contribution is -0.140. The largest absolute Gasteiger partial charge is 0.480 e. The summed E-state index contributed by atoms with van der Waals surface area (Å²) >= 11 is 0. The highest BCUT2D eigenvalue weighted by Gasteiger charge is 2.48. The Hall–Kier alpha value is -1.46. The molecular formula is C9H9F2NO3. The smallest absolute Gasteiger partial charge is 0.326 e. The van der Waals surface area contributed by atoms with Gasteiger partial charge in [-0.3, -0.25) is 4.79 Å². The highest BCUT2D eigenvalue weighted by molar-refractivity contribution is 6.03. The first-order valence-corrected chi connectivity index (χ1v) is 4.56. The van der Waals surface area contributed by atoms with Gasteiger partial charge in [-0.05, 0) is 6.42 Å². The molecule has 0 fully saturated rings. The zero-order valence-corrected chi connectivity index (χ0v) is 7.72. The molecule has 1 aliphatic heterocycles. The fraction of sp³-hybridized carbons (Fsp3) is 0.556. The number of Topliss-reactive ketones (excluding diaryl/α,β-unsaturated/α-hetero) is 1. The quantitative estimate of drug-likeness (QED) is 0.678. The third-order valence-corrected chi connectivity index (χ3v) is 2.71. The number of carboxylic acids is 1. The van der Waals surface area contributed by atoms with Crippen molar-refractivity contribution in [1.29, 1.82) is 0 Å². The van der Waals surface area contributed by atoms with Crippen LogP contribution in [0.25, 0.3) is 0 Å². The summed E-state index contributed by atoms with van der Waals surface area (Å²) < 4.78 is 26.0. The summed E-state index contributed by atoms with van der Waals surface area (Å²) in [7, 11) is 0. The molecule has 0 amide bonds. The summed E-state index contributed by atoms with van der Waals surface area (Å²) in [5.41, 5.74) is 0.331. The van der Waals surface area contributed by atoms with E-state index in [1.54, 1.807) is 0 Å². The Morgan fingerprint density at radius 2 is 2.20 bits per heavy atom. The van der Waals surface area contributed by atoms with Gasteiger partial charge >= 0.3 is 11.9 Å². The van der Waals surface area contributed by atoms with Crippen molar-refractivity contribution in [3.8, 4) is 0 Å². The molecule has 1 heterocycles. The van der Waals surface area contributed by atoms with Crippen molar-refractivity contribution in [3.05, 3.63) is 11.3 Å². The number of halogens is 2. The molecule has 0 aromatic carbocycles. The molecule has 0 saturated carbocycles. The van der Waals surface area contributed by atoms with Crippen LogP contribution in [0.1, 0.15) is 19.3 Å². The summed E-state index contributed by atoms with van der Waals surface area (Å²) in [6, 6.07) is -0.937. The van der Waals surface area contributed by atoms with Crippen LogP contribution in [0.4, 0.5) is 8.78 Å². The lowest BCUT2D eigenvalue weighted by Gasteiger charge is -2.21. The fourth-order valence-corrected chi connectivity index (χ4v) is 1.89. The number of ketones is 1. The third kappa shape index (κ3) is 1.49. The number of carbonyl (C=O) groups excluding carboxylic acids is 1. The molecule has 1 atom stereocenters. The maximum Gasteiger partial charge on any atom is 0.326 e. The van der Waals surface area contributed by atoms with E-state index in [1.165, 1.54) is 0 Å². The van der Waals surface area contributed by atoms with E-state index in [4.69, 9.17) is 5.11 Å². The molecule has 0 spiro atoms. The van der Waals surface area contributed by atoms with E-state index >= 15 is 0 Å². The topological polar surface area (TPSA) is 66.4 Å². The average molecular weight is 217 g/mol. The second-order valence-electron chi connectivity index (χ2n) is 3.73. The van der Waals surface area contributed by atoms with Gasteiger partial charge in [0.2, 0.25) is 5.78 Å². The average Bonchev–Trinajstić information content (AvgIpc) is 2.56. The first kappa shape index (κ1) is 10.1. The Balaban J connectivity index is 2.24. The monoisotopic (exact) mass is 217 g/mol. The molecule has 6 heteroatoms. The van der Waals surface area contributed by atoms with Crippen LogP contribution in [0.15, 0.2) is 11.3 Å². The molecule has 4 nitrogen and oxygen atoms in total. The van der Waals surface area contributed by atoms with Crippen LogP contribution in [-0.2, 0) is 9.59 Å². The number of carboxylic acid groups (broad SMARTS) is 1. The van der Waals surface area contributed by atoms with Crippen molar-refractivity contribution in [2.24, 2.45) is 0 Å². The van der Waals surface area contributed by atoms with Crippen LogP contribution in [0.5, 0.6) is 0 Å². The third-order valence-electron chi connectivity index (χ3n) is 2.71. The Bertz CT molecular complexity index is 376. The number of allylic oxidation sites excluding steroid dienone is 1. The van der Waals surface area contributed by atoms with E-state index in [9.17, 15) is 18.4 Å². The molecule has 1 unspecified atom stereocenters. The molecule has 0 radical (unpaired) electrons. The summed E-state index contributed by atoms with van der Waals surface area (Å²) in [5, 5.41) is 11.3. The maximum absolute atomic E-state index is 13.0. The molecule has 2 aliphatic rings.